The Kier molecular flexibility index (Phi) is 7.00. The second-order valence-electron chi connectivity index (χ2n) is 7.31. The first kappa shape index (κ1) is 23.3. The maximum atomic E-state index is 13.1. The Labute approximate surface area is 198 Å². The van der Waals surface area contributed by atoms with Crippen LogP contribution >= 0.6 is 23.1 Å². The number of nitrogens with one attached hydrogen (secondary N) is 1. The normalized spacial score (nSPS) is 24.8. The van der Waals surface area contributed by atoms with Crippen LogP contribution in [-0.4, -0.2) is 77.0 Å². The number of nitrogens with two attached hydrogens (primary N) is 1. The molecular weight excluding hydrogens is 470 g/mol. The molecule has 1 aromatic rings. The van der Waals surface area contributed by atoms with Gasteiger partial charge >= 0.3 is 5.97 Å². The molecule has 0 aliphatic carbocycles. The number of hydrogen-bond acceptors (Lipinski definition) is 11. The first-order chi connectivity index (χ1) is 16.0. The highest BCUT2D eigenvalue weighted by molar-refractivity contribution is 8.00. The maximum absolute atomic E-state index is 13.1. The van der Waals surface area contributed by atoms with Crippen molar-refractivity contribution in [3.05, 3.63) is 35.0 Å². The van der Waals surface area contributed by atoms with E-state index in [9.17, 15) is 14.4 Å². The van der Waals surface area contributed by atoms with Crippen LogP contribution in [0.3, 0.4) is 0 Å². The van der Waals surface area contributed by atoms with Gasteiger partial charge in [-0.15, -0.1) is 11.8 Å². The fraction of sp³-hybridized carbons (Fsp3) is 0.450. The lowest BCUT2D eigenvalue weighted by Crippen LogP contribution is -2.71. The van der Waals surface area contributed by atoms with Crippen LogP contribution in [0.25, 0.3) is 0 Å². The third-order valence-corrected chi connectivity index (χ3v) is 7.42. The number of thioether (sulfide) groups is 1. The molecule has 0 bridgehead atoms. The standard InChI is InChI=1S/C20H23N5O6S2/c1-3-6-31-19(28)15-10(11-5-4-7-30-11)9-32-18-14(17(27)25(15)18)23-16(26)13(24-29-2)12-8-22-20(21)33-12/h3,8,11,14,18H,1,4-7,9H2,2H3,(H2,21,22)(H,23,26)/b24-13-/t11-,14+,18+/m0/s1. The van der Waals surface area contributed by atoms with Crippen LogP contribution in [0.5, 0.6) is 0 Å². The minimum atomic E-state index is -0.844. The van der Waals surface area contributed by atoms with Crippen molar-refractivity contribution in [1.29, 1.82) is 0 Å². The molecule has 0 spiro atoms. The van der Waals surface area contributed by atoms with Crippen LogP contribution in [0.2, 0.25) is 0 Å². The van der Waals surface area contributed by atoms with Crippen molar-refractivity contribution in [2.45, 2.75) is 30.4 Å². The topological polar surface area (TPSA) is 145 Å². The second kappa shape index (κ2) is 9.93. The van der Waals surface area contributed by atoms with Gasteiger partial charge in [-0.05, 0) is 18.4 Å². The number of nitrogens with zero attached hydrogens (tertiary/aromatic N) is 3. The number of ether oxygens (including phenoxy) is 2. The van der Waals surface area contributed by atoms with E-state index in [1.165, 1.54) is 36.0 Å². The van der Waals surface area contributed by atoms with Crippen LogP contribution in [0.4, 0.5) is 5.13 Å². The van der Waals surface area contributed by atoms with Crippen LogP contribution in [0.1, 0.15) is 17.7 Å². The number of carbonyl (C=O) groups is 3. The highest BCUT2D eigenvalue weighted by Crippen LogP contribution is 2.43. The monoisotopic (exact) mass is 493 g/mol. The number of β-lactam (4-membered cyclic amide) rings is 1. The van der Waals surface area contributed by atoms with E-state index in [1.54, 1.807) is 0 Å². The lowest BCUT2D eigenvalue weighted by molar-refractivity contribution is -0.152. The Hall–Kier alpha value is -2.90. The Morgan fingerprint density at radius 2 is 2.33 bits per heavy atom. The van der Waals surface area contributed by atoms with E-state index in [0.717, 1.165) is 29.8 Å². The fourth-order valence-corrected chi connectivity index (χ4v) is 5.90. The largest absolute Gasteiger partial charge is 0.457 e. The highest BCUT2D eigenvalue weighted by Gasteiger charge is 2.55. The Bertz CT molecular complexity index is 1030. The average Bonchev–Trinajstić information content (AvgIpc) is 3.50. The van der Waals surface area contributed by atoms with Crippen molar-refractivity contribution >= 4 is 51.7 Å². The predicted molar refractivity (Wildman–Crippen MR) is 122 cm³/mol. The molecule has 3 aliphatic heterocycles. The lowest BCUT2D eigenvalue weighted by Gasteiger charge is -2.50. The summed E-state index contributed by atoms with van der Waals surface area (Å²) in [6.07, 6.45) is 4.29. The van der Waals surface area contributed by atoms with Crippen molar-refractivity contribution in [3.8, 4) is 0 Å². The molecule has 0 aromatic carbocycles. The number of hydrogen-bond donors (Lipinski definition) is 2. The number of amides is 2. The molecule has 11 nitrogen and oxygen atoms in total. The first-order valence-corrected chi connectivity index (χ1v) is 12.0. The Morgan fingerprint density at radius 1 is 1.52 bits per heavy atom. The summed E-state index contributed by atoms with van der Waals surface area (Å²) in [5, 5.41) is 6.27. The summed E-state index contributed by atoms with van der Waals surface area (Å²) in [6.45, 7) is 4.19. The maximum Gasteiger partial charge on any atom is 0.355 e. The minimum Gasteiger partial charge on any atom is -0.457 e. The van der Waals surface area contributed by atoms with Gasteiger partial charge in [0.1, 0.15) is 30.8 Å². The van der Waals surface area contributed by atoms with E-state index < -0.39 is 29.2 Å². The lowest BCUT2D eigenvalue weighted by atomic mass is 9.99. The molecule has 0 unspecified atom stereocenters. The molecule has 2 amide bonds. The van der Waals surface area contributed by atoms with Gasteiger partial charge in [-0.1, -0.05) is 29.1 Å². The number of rotatable bonds is 8. The number of carbonyl (C=O) groups excluding carboxylic acids is 3. The van der Waals surface area contributed by atoms with Crippen molar-refractivity contribution in [2.24, 2.45) is 5.16 Å². The molecule has 0 radical (unpaired) electrons. The first-order valence-electron chi connectivity index (χ1n) is 10.2. The van der Waals surface area contributed by atoms with Crippen LogP contribution in [0, 0.1) is 0 Å². The summed E-state index contributed by atoms with van der Waals surface area (Å²) in [5.74, 6) is -1.15. The number of esters is 1. The van der Waals surface area contributed by atoms with Gasteiger partial charge in [0.05, 0.1) is 11.0 Å². The molecule has 4 heterocycles. The van der Waals surface area contributed by atoms with E-state index in [0.29, 0.717) is 17.2 Å². The van der Waals surface area contributed by atoms with Gasteiger partial charge in [-0.3, -0.25) is 14.5 Å². The van der Waals surface area contributed by atoms with E-state index in [-0.39, 0.29) is 29.3 Å². The van der Waals surface area contributed by atoms with E-state index in [4.69, 9.17) is 20.0 Å². The molecule has 176 valence electrons. The van der Waals surface area contributed by atoms with Gasteiger partial charge in [-0.25, -0.2) is 9.78 Å². The summed E-state index contributed by atoms with van der Waals surface area (Å²) < 4.78 is 11.0. The molecule has 3 N–H and O–H groups in total. The van der Waals surface area contributed by atoms with Crippen LogP contribution < -0.4 is 11.1 Å². The third kappa shape index (κ3) is 4.48. The predicted octanol–water partition coefficient (Wildman–Crippen LogP) is 0.638. The number of nitrogen functional groups attached to an aromatic ring is 1. The van der Waals surface area contributed by atoms with Gasteiger partial charge < -0.3 is 25.4 Å². The molecule has 3 atom stereocenters. The van der Waals surface area contributed by atoms with Crippen LogP contribution in [0.15, 0.2) is 35.3 Å². The van der Waals surface area contributed by atoms with Gasteiger partial charge in [0.15, 0.2) is 10.8 Å². The minimum absolute atomic E-state index is 0.0238. The van der Waals surface area contributed by atoms with Gasteiger partial charge in [0, 0.05) is 18.6 Å². The van der Waals surface area contributed by atoms with Crippen molar-refractivity contribution in [3.63, 3.8) is 0 Å². The Morgan fingerprint density at radius 3 is 2.97 bits per heavy atom. The molecule has 2 saturated heterocycles. The molecule has 2 fully saturated rings. The number of oxime groups is 1. The average molecular weight is 494 g/mol. The zero-order valence-corrected chi connectivity index (χ0v) is 19.4. The molecule has 1 aromatic heterocycles. The van der Waals surface area contributed by atoms with Crippen molar-refractivity contribution in [2.75, 3.05) is 31.8 Å². The number of aromatic nitrogens is 1. The highest BCUT2D eigenvalue weighted by atomic mass is 32.2. The van der Waals surface area contributed by atoms with Crippen LogP contribution in [-0.2, 0) is 28.7 Å². The summed E-state index contributed by atoms with van der Waals surface area (Å²) >= 11 is 2.53. The van der Waals surface area contributed by atoms with Gasteiger partial charge in [0.2, 0.25) is 0 Å². The number of fused-ring (bicyclic) bond motifs is 1. The number of anilines is 1. The summed E-state index contributed by atoms with van der Waals surface area (Å²) in [5.41, 5.74) is 6.55. The zero-order chi connectivity index (χ0) is 23.5. The Balaban J connectivity index is 1.55. The van der Waals surface area contributed by atoms with E-state index in [2.05, 4.69) is 22.0 Å². The fourth-order valence-electron chi connectivity index (χ4n) is 3.83. The molecular formula is C20H23N5O6S2. The molecule has 3 aliphatic rings. The number of thiazole rings is 1. The second-order valence-corrected chi connectivity index (χ2v) is 9.48. The zero-order valence-electron chi connectivity index (χ0n) is 17.8. The SMILES string of the molecule is C=CCOC(=O)C1=C([C@@H]2CCCO2)CS[C@@H]2[C@H](NC(=O)/C(=N\OC)c3cnc(N)s3)C(=O)N12. The van der Waals surface area contributed by atoms with E-state index >= 15 is 0 Å². The van der Waals surface area contributed by atoms with Crippen molar-refractivity contribution in [1.82, 2.24) is 15.2 Å². The quantitative estimate of drug-likeness (QED) is 0.175. The molecule has 13 heteroatoms. The smallest absolute Gasteiger partial charge is 0.355 e. The third-order valence-electron chi connectivity index (χ3n) is 5.28. The summed E-state index contributed by atoms with van der Waals surface area (Å²) in [4.78, 5) is 49.3. The summed E-state index contributed by atoms with van der Waals surface area (Å²) in [7, 11) is 1.31. The molecule has 33 heavy (non-hydrogen) atoms. The van der Waals surface area contributed by atoms with Gasteiger partial charge in [-0.2, -0.15) is 0 Å². The van der Waals surface area contributed by atoms with Crippen molar-refractivity contribution < 1.29 is 28.7 Å². The molecule has 0 saturated carbocycles. The summed E-state index contributed by atoms with van der Waals surface area (Å²) in [6, 6.07) is -0.844. The van der Waals surface area contributed by atoms with E-state index in [1.807, 2.05) is 0 Å². The molecule has 4 rings (SSSR count). The van der Waals surface area contributed by atoms with Gasteiger partial charge in [0.25, 0.3) is 11.8 Å².